The van der Waals surface area contributed by atoms with Crippen LogP contribution in [0.25, 0.3) is 0 Å². The van der Waals surface area contributed by atoms with Gasteiger partial charge >= 0.3 is 0 Å². The van der Waals surface area contributed by atoms with E-state index in [1.807, 2.05) is 0 Å². The van der Waals surface area contributed by atoms with Crippen molar-refractivity contribution in [2.24, 2.45) is 0 Å². The molecule has 118 valence electrons. The Hall–Kier alpha value is -0.380. The Morgan fingerprint density at radius 1 is 0.952 bits per heavy atom. The Balaban J connectivity index is 2.25. The van der Waals surface area contributed by atoms with Gasteiger partial charge in [-0.25, -0.2) is 16.8 Å². The maximum atomic E-state index is 12.5. The minimum Gasteiger partial charge on any atom is -0.213 e. The van der Waals surface area contributed by atoms with Gasteiger partial charge in [-0.15, -0.1) is 0 Å². The monoisotopic (exact) mass is 372 g/mol. The smallest absolute Gasteiger partial charge is 0.213 e. The second-order valence-corrected chi connectivity index (χ2v) is 9.37. The van der Waals surface area contributed by atoms with Crippen LogP contribution in [0, 0.1) is 0 Å². The van der Waals surface area contributed by atoms with Crippen LogP contribution in [0.1, 0.15) is 0 Å². The van der Waals surface area contributed by atoms with E-state index in [0.29, 0.717) is 0 Å². The van der Waals surface area contributed by atoms with Crippen LogP contribution in [0.15, 0.2) is 23.1 Å². The van der Waals surface area contributed by atoms with E-state index in [9.17, 15) is 16.8 Å². The Kier molecular flexibility index (Phi) is 4.87. The molecule has 6 nitrogen and oxygen atoms in total. The van der Waals surface area contributed by atoms with Crippen molar-refractivity contribution in [3.63, 3.8) is 0 Å². The van der Waals surface area contributed by atoms with E-state index in [-0.39, 0.29) is 41.1 Å². The molecule has 0 aliphatic carbocycles. The third-order valence-electron chi connectivity index (χ3n) is 3.18. The normalized spacial score (nSPS) is 18.8. The quantitative estimate of drug-likeness (QED) is 0.800. The van der Waals surface area contributed by atoms with Crippen LogP contribution in [-0.2, 0) is 20.0 Å². The average Bonchev–Trinajstić information content (AvgIpc) is 2.40. The number of hydrogen-bond acceptors (Lipinski definition) is 4. The standard InChI is InChI=1S/C11H14Cl2N2O4S2/c1-20(16,17)14-4-6-15(7-5-14)21(18,19)11-8-9(12)2-3-10(11)13/h2-3,8H,4-7H2,1H3. The number of benzene rings is 1. The molecule has 1 aliphatic heterocycles. The molecule has 0 saturated carbocycles. The van der Waals surface area contributed by atoms with Gasteiger partial charge in [0.25, 0.3) is 0 Å². The molecule has 1 aliphatic rings. The molecule has 0 bridgehead atoms. The first-order chi connectivity index (χ1) is 9.62. The average molecular weight is 373 g/mol. The number of sulfonamides is 2. The molecule has 0 atom stereocenters. The maximum absolute atomic E-state index is 12.5. The SMILES string of the molecule is CS(=O)(=O)N1CCN(S(=O)(=O)c2cc(Cl)ccc2Cl)CC1. The van der Waals surface area contributed by atoms with Gasteiger partial charge in [-0.2, -0.15) is 8.61 Å². The zero-order valence-electron chi connectivity index (χ0n) is 11.2. The first kappa shape index (κ1) is 17.0. The predicted molar refractivity (Wildman–Crippen MR) is 81.6 cm³/mol. The third kappa shape index (κ3) is 3.69. The summed E-state index contributed by atoms with van der Waals surface area (Å²) in [5.74, 6) is 0. The number of hydrogen-bond donors (Lipinski definition) is 0. The van der Waals surface area contributed by atoms with Crippen LogP contribution in [0.2, 0.25) is 10.0 Å². The maximum Gasteiger partial charge on any atom is 0.244 e. The van der Waals surface area contributed by atoms with E-state index in [1.54, 1.807) is 0 Å². The third-order valence-corrected chi connectivity index (χ3v) is 7.10. The minimum atomic E-state index is -3.79. The molecule has 0 amide bonds. The van der Waals surface area contributed by atoms with E-state index >= 15 is 0 Å². The van der Waals surface area contributed by atoms with Gasteiger partial charge in [0.1, 0.15) is 4.90 Å². The molecule has 0 unspecified atom stereocenters. The second kappa shape index (κ2) is 6.02. The minimum absolute atomic E-state index is 0.0653. The molecule has 1 aromatic carbocycles. The van der Waals surface area contributed by atoms with Gasteiger partial charge in [-0.3, -0.25) is 0 Å². The lowest BCUT2D eigenvalue weighted by Gasteiger charge is -2.32. The molecule has 10 heteroatoms. The van der Waals surface area contributed by atoms with Crippen molar-refractivity contribution in [3.8, 4) is 0 Å². The molecule has 21 heavy (non-hydrogen) atoms. The number of rotatable bonds is 3. The number of piperazine rings is 1. The van der Waals surface area contributed by atoms with Crippen molar-refractivity contribution in [3.05, 3.63) is 28.2 Å². The van der Waals surface area contributed by atoms with Gasteiger partial charge in [-0.05, 0) is 18.2 Å². The van der Waals surface area contributed by atoms with Crippen molar-refractivity contribution in [2.75, 3.05) is 32.4 Å². The summed E-state index contributed by atoms with van der Waals surface area (Å²) in [6.45, 7) is 0.406. The summed E-state index contributed by atoms with van der Waals surface area (Å²) in [4.78, 5) is -0.0653. The molecular weight excluding hydrogens is 359 g/mol. The van der Waals surface area contributed by atoms with E-state index in [0.717, 1.165) is 6.26 Å². The molecule has 0 spiro atoms. The van der Waals surface area contributed by atoms with Crippen molar-refractivity contribution >= 4 is 43.2 Å². The van der Waals surface area contributed by atoms with Crippen molar-refractivity contribution in [1.82, 2.24) is 8.61 Å². The number of nitrogens with zero attached hydrogens (tertiary/aromatic N) is 2. The Labute approximate surface area is 134 Å². The fourth-order valence-corrected chi connectivity index (χ4v) is 5.04. The second-order valence-electron chi connectivity index (χ2n) is 4.64. The van der Waals surface area contributed by atoms with E-state index in [1.165, 1.54) is 26.8 Å². The van der Waals surface area contributed by atoms with Gasteiger partial charge in [0.05, 0.1) is 11.3 Å². The molecular formula is C11H14Cl2N2O4S2. The van der Waals surface area contributed by atoms with Crippen molar-refractivity contribution in [2.45, 2.75) is 4.90 Å². The Morgan fingerprint density at radius 3 is 2.00 bits per heavy atom. The zero-order valence-corrected chi connectivity index (χ0v) is 14.3. The van der Waals surface area contributed by atoms with Crippen LogP contribution in [-0.4, -0.2) is 57.9 Å². The summed E-state index contributed by atoms with van der Waals surface area (Å²) in [6.07, 6.45) is 1.10. The zero-order chi connectivity index (χ0) is 15.8. The largest absolute Gasteiger partial charge is 0.244 e. The molecule has 1 saturated heterocycles. The number of halogens is 2. The first-order valence-electron chi connectivity index (χ1n) is 6.03. The van der Waals surface area contributed by atoms with Crippen LogP contribution in [0.3, 0.4) is 0 Å². The summed E-state index contributed by atoms with van der Waals surface area (Å²) >= 11 is 11.7. The highest BCUT2D eigenvalue weighted by molar-refractivity contribution is 7.89. The summed E-state index contributed by atoms with van der Waals surface area (Å²) in [6, 6.07) is 4.22. The van der Waals surface area contributed by atoms with E-state index in [2.05, 4.69) is 0 Å². The molecule has 0 aromatic heterocycles. The Morgan fingerprint density at radius 2 is 1.48 bits per heavy atom. The highest BCUT2D eigenvalue weighted by atomic mass is 35.5. The highest BCUT2D eigenvalue weighted by Gasteiger charge is 2.32. The molecule has 1 fully saturated rings. The van der Waals surface area contributed by atoms with Crippen LogP contribution in [0.5, 0.6) is 0 Å². The van der Waals surface area contributed by atoms with Crippen LogP contribution >= 0.6 is 23.2 Å². The molecule has 0 radical (unpaired) electrons. The lowest BCUT2D eigenvalue weighted by atomic mass is 10.4. The van der Waals surface area contributed by atoms with Gasteiger partial charge in [0, 0.05) is 31.2 Å². The molecule has 1 aromatic rings. The summed E-state index contributed by atoms with van der Waals surface area (Å²) in [5, 5.41) is 0.359. The lowest BCUT2D eigenvalue weighted by Crippen LogP contribution is -2.50. The van der Waals surface area contributed by atoms with Gasteiger partial charge in [0.15, 0.2) is 0 Å². The van der Waals surface area contributed by atoms with Gasteiger partial charge in [-0.1, -0.05) is 23.2 Å². The summed E-state index contributed by atoms with van der Waals surface area (Å²) < 4.78 is 50.4. The van der Waals surface area contributed by atoms with Crippen LogP contribution < -0.4 is 0 Å². The van der Waals surface area contributed by atoms with Gasteiger partial charge in [0.2, 0.25) is 20.0 Å². The Bertz CT molecular complexity index is 741. The molecule has 0 N–H and O–H groups in total. The van der Waals surface area contributed by atoms with Crippen LogP contribution in [0.4, 0.5) is 0 Å². The fourth-order valence-electron chi connectivity index (χ4n) is 2.06. The van der Waals surface area contributed by atoms with Crippen molar-refractivity contribution < 1.29 is 16.8 Å². The highest BCUT2D eigenvalue weighted by Crippen LogP contribution is 2.28. The summed E-state index contributed by atoms with van der Waals surface area (Å²) in [7, 11) is -7.10. The fraction of sp³-hybridized carbons (Fsp3) is 0.455. The molecule has 2 rings (SSSR count). The van der Waals surface area contributed by atoms with E-state index < -0.39 is 20.0 Å². The lowest BCUT2D eigenvalue weighted by molar-refractivity contribution is 0.274. The first-order valence-corrected chi connectivity index (χ1v) is 10.1. The van der Waals surface area contributed by atoms with E-state index in [4.69, 9.17) is 23.2 Å². The topological polar surface area (TPSA) is 74.8 Å². The summed E-state index contributed by atoms with van der Waals surface area (Å²) in [5.41, 5.74) is 0. The van der Waals surface area contributed by atoms with Gasteiger partial charge < -0.3 is 0 Å². The molecule has 1 heterocycles. The predicted octanol–water partition coefficient (Wildman–Crippen LogP) is 1.26. The van der Waals surface area contributed by atoms with Crippen molar-refractivity contribution in [1.29, 1.82) is 0 Å².